The molecule has 1 aliphatic heterocycles. The third-order valence-electron chi connectivity index (χ3n) is 5.34. The standard InChI is InChI=1S/C16H20N8O/c1-22(9-15-19-17-10-25-15)12-7-23(8-12)14-6-5-13-18-20-16(24(13)21-14)11-3-2-4-11/h5-6,10-12H,2-4,7-9H2,1H3. The maximum Gasteiger partial charge on any atom is 0.230 e. The molecule has 9 nitrogen and oxygen atoms in total. The number of likely N-dealkylation sites (N-methyl/N-ethyl adjacent to an activating group) is 1. The van der Waals surface area contributed by atoms with Gasteiger partial charge in [-0.25, -0.2) is 0 Å². The summed E-state index contributed by atoms with van der Waals surface area (Å²) in [6.07, 6.45) is 5.03. The summed E-state index contributed by atoms with van der Waals surface area (Å²) >= 11 is 0. The highest BCUT2D eigenvalue weighted by Crippen LogP contribution is 2.35. The molecule has 3 aromatic rings. The number of fused-ring (bicyclic) bond motifs is 1. The third kappa shape index (κ3) is 2.55. The second kappa shape index (κ2) is 5.76. The van der Waals surface area contributed by atoms with E-state index in [2.05, 4.69) is 37.2 Å². The largest absolute Gasteiger partial charge is 0.427 e. The van der Waals surface area contributed by atoms with Crippen molar-refractivity contribution in [3.05, 3.63) is 30.2 Å². The smallest absolute Gasteiger partial charge is 0.230 e. The van der Waals surface area contributed by atoms with Gasteiger partial charge in [-0.3, -0.25) is 4.90 Å². The molecule has 0 N–H and O–H groups in total. The molecule has 0 amide bonds. The molecule has 25 heavy (non-hydrogen) atoms. The minimum absolute atomic E-state index is 0.455. The third-order valence-corrected chi connectivity index (χ3v) is 5.34. The van der Waals surface area contributed by atoms with Crippen molar-refractivity contribution >= 4 is 11.5 Å². The van der Waals surface area contributed by atoms with Crippen LogP contribution in [0.1, 0.15) is 36.9 Å². The zero-order valence-electron chi connectivity index (χ0n) is 14.1. The maximum atomic E-state index is 5.22. The molecule has 0 atom stereocenters. The van der Waals surface area contributed by atoms with Gasteiger partial charge in [-0.2, -0.15) is 4.52 Å². The van der Waals surface area contributed by atoms with Crippen LogP contribution in [-0.2, 0) is 6.54 Å². The van der Waals surface area contributed by atoms with Crippen LogP contribution in [0.3, 0.4) is 0 Å². The maximum absolute atomic E-state index is 5.22. The van der Waals surface area contributed by atoms with Gasteiger partial charge in [-0.1, -0.05) is 6.42 Å². The number of anilines is 1. The van der Waals surface area contributed by atoms with Crippen LogP contribution in [-0.4, -0.2) is 61.1 Å². The van der Waals surface area contributed by atoms with Crippen molar-refractivity contribution in [2.75, 3.05) is 25.0 Å². The fraction of sp³-hybridized carbons (Fsp3) is 0.562. The summed E-state index contributed by atoms with van der Waals surface area (Å²) in [5.41, 5.74) is 0.830. The van der Waals surface area contributed by atoms with E-state index in [1.807, 2.05) is 16.6 Å². The lowest BCUT2D eigenvalue weighted by Crippen LogP contribution is -2.58. The van der Waals surface area contributed by atoms with Crippen LogP contribution in [0.2, 0.25) is 0 Å². The molecule has 3 aromatic heterocycles. The molecule has 0 unspecified atom stereocenters. The number of rotatable bonds is 5. The van der Waals surface area contributed by atoms with Crippen molar-refractivity contribution in [2.24, 2.45) is 0 Å². The van der Waals surface area contributed by atoms with E-state index in [4.69, 9.17) is 9.52 Å². The molecule has 1 aliphatic carbocycles. The topological polar surface area (TPSA) is 88.5 Å². The molecule has 1 saturated carbocycles. The molecular formula is C16H20N8O. The summed E-state index contributed by atoms with van der Waals surface area (Å²) in [7, 11) is 2.08. The van der Waals surface area contributed by atoms with Crippen molar-refractivity contribution in [3.63, 3.8) is 0 Å². The number of nitrogens with zero attached hydrogens (tertiary/aromatic N) is 8. The van der Waals surface area contributed by atoms with E-state index in [1.165, 1.54) is 25.7 Å². The van der Waals surface area contributed by atoms with Gasteiger partial charge in [-0.15, -0.1) is 25.5 Å². The molecule has 9 heteroatoms. The summed E-state index contributed by atoms with van der Waals surface area (Å²) in [5, 5.41) is 21.0. The molecule has 4 heterocycles. The van der Waals surface area contributed by atoms with E-state index in [9.17, 15) is 0 Å². The fourth-order valence-corrected chi connectivity index (χ4v) is 3.41. The SMILES string of the molecule is CN(Cc1nnco1)C1CN(c2ccc3nnc(C4CCC4)n3n2)C1. The number of hydrogen-bond donors (Lipinski definition) is 0. The lowest BCUT2D eigenvalue weighted by Gasteiger charge is -2.44. The van der Waals surface area contributed by atoms with Crippen molar-refractivity contribution in [1.29, 1.82) is 0 Å². The van der Waals surface area contributed by atoms with Crippen LogP contribution in [0.15, 0.2) is 22.9 Å². The molecule has 5 rings (SSSR count). The van der Waals surface area contributed by atoms with Crippen LogP contribution >= 0.6 is 0 Å². The average molecular weight is 340 g/mol. The van der Waals surface area contributed by atoms with Crippen LogP contribution in [0.5, 0.6) is 0 Å². The van der Waals surface area contributed by atoms with E-state index in [0.717, 1.165) is 30.4 Å². The first-order chi connectivity index (χ1) is 12.3. The highest BCUT2D eigenvalue weighted by atomic mass is 16.4. The van der Waals surface area contributed by atoms with Crippen molar-refractivity contribution in [3.8, 4) is 0 Å². The van der Waals surface area contributed by atoms with Crippen molar-refractivity contribution in [2.45, 2.75) is 37.8 Å². The number of hydrogen-bond acceptors (Lipinski definition) is 8. The van der Waals surface area contributed by atoms with Crippen molar-refractivity contribution in [1.82, 2.24) is 34.9 Å². The Morgan fingerprint density at radius 2 is 2.08 bits per heavy atom. The van der Waals surface area contributed by atoms with Gasteiger partial charge >= 0.3 is 0 Å². The van der Waals surface area contributed by atoms with Crippen LogP contribution < -0.4 is 4.90 Å². The van der Waals surface area contributed by atoms with E-state index in [0.29, 0.717) is 24.4 Å². The molecule has 2 fully saturated rings. The van der Waals surface area contributed by atoms with Gasteiger partial charge in [0.2, 0.25) is 12.3 Å². The van der Waals surface area contributed by atoms with E-state index in [-0.39, 0.29) is 0 Å². The summed E-state index contributed by atoms with van der Waals surface area (Å²) in [6, 6.07) is 4.49. The monoisotopic (exact) mass is 340 g/mol. The predicted octanol–water partition coefficient (Wildman–Crippen LogP) is 1.10. The average Bonchev–Trinajstić information content (AvgIpc) is 3.14. The molecule has 130 valence electrons. The van der Waals surface area contributed by atoms with Gasteiger partial charge in [0.1, 0.15) is 5.82 Å². The van der Waals surface area contributed by atoms with Crippen LogP contribution in [0, 0.1) is 0 Å². The van der Waals surface area contributed by atoms with E-state index >= 15 is 0 Å². The second-order valence-corrected chi connectivity index (χ2v) is 6.95. The van der Waals surface area contributed by atoms with Crippen molar-refractivity contribution < 1.29 is 4.42 Å². The zero-order chi connectivity index (χ0) is 16.8. The van der Waals surface area contributed by atoms with Crippen LogP contribution in [0.4, 0.5) is 5.82 Å². The summed E-state index contributed by atoms with van der Waals surface area (Å²) < 4.78 is 7.14. The first-order valence-corrected chi connectivity index (χ1v) is 8.70. The Labute approximate surface area is 144 Å². The van der Waals surface area contributed by atoms with E-state index in [1.54, 1.807) is 0 Å². The Morgan fingerprint density at radius 1 is 1.20 bits per heavy atom. The first kappa shape index (κ1) is 14.8. The van der Waals surface area contributed by atoms with Gasteiger partial charge in [0.15, 0.2) is 11.5 Å². The van der Waals surface area contributed by atoms with Gasteiger partial charge in [-0.05, 0) is 32.0 Å². The lowest BCUT2D eigenvalue weighted by molar-refractivity contribution is 0.180. The van der Waals surface area contributed by atoms with Gasteiger partial charge in [0, 0.05) is 25.0 Å². The molecule has 1 saturated heterocycles. The zero-order valence-corrected chi connectivity index (χ0v) is 14.1. The summed E-state index contributed by atoms with van der Waals surface area (Å²) in [4.78, 5) is 4.51. The molecule has 0 bridgehead atoms. The normalized spacial score (nSPS) is 18.7. The van der Waals surface area contributed by atoms with E-state index < -0.39 is 0 Å². The second-order valence-electron chi connectivity index (χ2n) is 6.95. The Bertz CT molecular complexity index is 866. The molecule has 0 radical (unpaired) electrons. The summed E-state index contributed by atoms with van der Waals surface area (Å²) in [6.45, 7) is 2.54. The number of aromatic nitrogens is 6. The highest BCUT2D eigenvalue weighted by molar-refractivity contribution is 5.48. The van der Waals surface area contributed by atoms with Gasteiger partial charge < -0.3 is 9.32 Å². The highest BCUT2D eigenvalue weighted by Gasteiger charge is 2.32. The molecule has 0 aromatic carbocycles. The Balaban J connectivity index is 1.28. The Morgan fingerprint density at radius 3 is 2.80 bits per heavy atom. The molecule has 0 spiro atoms. The summed E-state index contributed by atoms with van der Waals surface area (Å²) in [5.74, 6) is 3.15. The predicted molar refractivity (Wildman–Crippen MR) is 89.1 cm³/mol. The molecular weight excluding hydrogens is 320 g/mol. The Kier molecular flexibility index (Phi) is 3.40. The van der Waals surface area contributed by atoms with Gasteiger partial charge in [0.05, 0.1) is 6.54 Å². The fourth-order valence-electron chi connectivity index (χ4n) is 3.41. The van der Waals surface area contributed by atoms with Gasteiger partial charge in [0.25, 0.3) is 0 Å². The quantitative estimate of drug-likeness (QED) is 0.682. The minimum atomic E-state index is 0.455. The lowest BCUT2D eigenvalue weighted by atomic mass is 9.85. The van der Waals surface area contributed by atoms with Crippen LogP contribution in [0.25, 0.3) is 5.65 Å². The molecule has 2 aliphatic rings. The first-order valence-electron chi connectivity index (χ1n) is 8.70. The minimum Gasteiger partial charge on any atom is -0.427 e. The Hall–Kier alpha value is -2.55.